The molecular weight excluding hydrogens is 335 g/mol. The SMILES string of the molecule is Fc1cc2c(cc1Br)[nH]c(=S)n2CCc1ncon1. The van der Waals surface area contributed by atoms with Gasteiger partial charge < -0.3 is 14.1 Å². The van der Waals surface area contributed by atoms with E-state index in [0.29, 0.717) is 33.6 Å². The third kappa shape index (κ3) is 2.33. The maximum atomic E-state index is 13.6. The molecule has 1 aromatic carbocycles. The normalized spacial score (nSPS) is 11.3. The van der Waals surface area contributed by atoms with E-state index < -0.39 is 0 Å². The summed E-state index contributed by atoms with van der Waals surface area (Å²) in [6.45, 7) is 0.555. The average molecular weight is 343 g/mol. The molecule has 0 radical (unpaired) electrons. The number of fused-ring (bicyclic) bond motifs is 1. The Morgan fingerprint density at radius 1 is 1.47 bits per heavy atom. The van der Waals surface area contributed by atoms with Gasteiger partial charge >= 0.3 is 0 Å². The molecule has 0 aliphatic heterocycles. The molecule has 2 heterocycles. The average Bonchev–Trinajstić information content (AvgIpc) is 2.96. The molecule has 5 nitrogen and oxygen atoms in total. The molecule has 0 aliphatic carbocycles. The lowest BCUT2D eigenvalue weighted by Crippen LogP contribution is -2.02. The van der Waals surface area contributed by atoms with Crippen LogP contribution in [0.3, 0.4) is 0 Å². The largest absolute Gasteiger partial charge is 0.343 e. The van der Waals surface area contributed by atoms with Crippen molar-refractivity contribution in [3.05, 3.63) is 39.4 Å². The van der Waals surface area contributed by atoms with Gasteiger partial charge in [-0.15, -0.1) is 0 Å². The van der Waals surface area contributed by atoms with Crippen LogP contribution in [0.4, 0.5) is 4.39 Å². The number of rotatable bonds is 3. The van der Waals surface area contributed by atoms with E-state index in [9.17, 15) is 4.39 Å². The summed E-state index contributed by atoms with van der Waals surface area (Å²) in [5, 5.41) is 3.73. The van der Waals surface area contributed by atoms with Crippen molar-refractivity contribution < 1.29 is 8.91 Å². The summed E-state index contributed by atoms with van der Waals surface area (Å²) >= 11 is 8.39. The zero-order valence-electron chi connectivity index (χ0n) is 9.56. The lowest BCUT2D eigenvalue weighted by atomic mass is 10.3. The van der Waals surface area contributed by atoms with Crippen LogP contribution in [-0.4, -0.2) is 19.7 Å². The Bertz CT molecular complexity index is 780. The highest BCUT2D eigenvalue weighted by Gasteiger charge is 2.09. The number of halogens is 2. The Hall–Kier alpha value is -1.54. The summed E-state index contributed by atoms with van der Waals surface area (Å²) in [6, 6.07) is 3.12. The standard InChI is InChI=1S/C11H8BrFN4OS/c12-6-3-8-9(4-7(6)13)17(11(19)15-8)2-1-10-14-5-18-16-10/h3-5H,1-2H2,(H,15,19). The van der Waals surface area contributed by atoms with Gasteiger partial charge in [-0.3, -0.25) is 0 Å². The van der Waals surface area contributed by atoms with Gasteiger partial charge in [0.1, 0.15) is 5.82 Å². The molecule has 3 rings (SSSR count). The number of aryl methyl sites for hydroxylation is 2. The number of nitrogens with zero attached hydrogens (tertiary/aromatic N) is 3. The third-order valence-corrected chi connectivity index (χ3v) is 3.71. The Morgan fingerprint density at radius 2 is 2.32 bits per heavy atom. The molecule has 0 amide bonds. The van der Waals surface area contributed by atoms with Crippen LogP contribution in [0.25, 0.3) is 11.0 Å². The van der Waals surface area contributed by atoms with Crippen molar-refractivity contribution in [1.29, 1.82) is 0 Å². The molecule has 3 aromatic rings. The van der Waals surface area contributed by atoms with Gasteiger partial charge in [-0.2, -0.15) is 4.98 Å². The van der Waals surface area contributed by atoms with Crippen molar-refractivity contribution >= 4 is 39.2 Å². The van der Waals surface area contributed by atoms with Crippen LogP contribution in [0.1, 0.15) is 5.82 Å². The minimum absolute atomic E-state index is 0.324. The summed E-state index contributed by atoms with van der Waals surface area (Å²) in [7, 11) is 0. The highest BCUT2D eigenvalue weighted by molar-refractivity contribution is 9.10. The van der Waals surface area contributed by atoms with Crippen molar-refractivity contribution in [2.45, 2.75) is 13.0 Å². The fourth-order valence-corrected chi connectivity index (χ4v) is 2.53. The van der Waals surface area contributed by atoms with Crippen molar-refractivity contribution in [1.82, 2.24) is 19.7 Å². The first-order valence-electron chi connectivity index (χ1n) is 5.48. The molecule has 2 aromatic heterocycles. The van der Waals surface area contributed by atoms with Crippen LogP contribution in [0.5, 0.6) is 0 Å². The van der Waals surface area contributed by atoms with Crippen LogP contribution in [0.2, 0.25) is 0 Å². The van der Waals surface area contributed by atoms with Crippen LogP contribution in [0, 0.1) is 10.6 Å². The summed E-state index contributed by atoms with van der Waals surface area (Å²) in [4.78, 5) is 6.98. The molecule has 0 saturated heterocycles. The fraction of sp³-hybridized carbons (Fsp3) is 0.182. The zero-order valence-corrected chi connectivity index (χ0v) is 12.0. The monoisotopic (exact) mass is 342 g/mol. The van der Waals surface area contributed by atoms with Gasteiger partial charge in [0.15, 0.2) is 10.6 Å². The van der Waals surface area contributed by atoms with Crippen molar-refractivity contribution in [3.63, 3.8) is 0 Å². The number of nitrogens with one attached hydrogen (secondary N) is 1. The Kier molecular flexibility index (Phi) is 3.19. The number of H-pyrrole nitrogens is 1. The Labute approximate surface area is 120 Å². The molecule has 0 bridgehead atoms. The molecule has 0 saturated carbocycles. The van der Waals surface area contributed by atoms with Gasteiger partial charge in [0.05, 0.1) is 15.5 Å². The van der Waals surface area contributed by atoms with Gasteiger partial charge in [-0.05, 0) is 34.2 Å². The molecule has 1 N–H and O–H groups in total. The second-order valence-corrected chi connectivity index (χ2v) is 5.20. The van der Waals surface area contributed by atoms with Gasteiger partial charge in [0.25, 0.3) is 0 Å². The predicted octanol–water partition coefficient (Wildman–Crippen LogP) is 3.23. The van der Waals surface area contributed by atoms with Gasteiger partial charge in [0.2, 0.25) is 6.39 Å². The van der Waals surface area contributed by atoms with Crippen LogP contribution >= 0.6 is 28.1 Å². The van der Waals surface area contributed by atoms with Crippen molar-refractivity contribution in [2.75, 3.05) is 0 Å². The molecule has 0 atom stereocenters. The lowest BCUT2D eigenvalue weighted by Gasteiger charge is -2.02. The topological polar surface area (TPSA) is 59.6 Å². The van der Waals surface area contributed by atoms with E-state index in [2.05, 4.69) is 35.6 Å². The van der Waals surface area contributed by atoms with E-state index in [-0.39, 0.29) is 5.82 Å². The summed E-state index contributed by atoms with van der Waals surface area (Å²) in [6.07, 6.45) is 1.84. The van der Waals surface area contributed by atoms with Crippen LogP contribution < -0.4 is 0 Å². The van der Waals surface area contributed by atoms with E-state index in [4.69, 9.17) is 12.2 Å². The van der Waals surface area contributed by atoms with E-state index >= 15 is 0 Å². The van der Waals surface area contributed by atoms with E-state index in [1.54, 1.807) is 6.07 Å². The molecule has 0 unspecified atom stereocenters. The summed E-state index contributed by atoms with van der Waals surface area (Å²) in [5.41, 5.74) is 1.50. The number of benzene rings is 1. The van der Waals surface area contributed by atoms with Gasteiger partial charge in [-0.1, -0.05) is 5.16 Å². The second kappa shape index (κ2) is 4.86. The molecule has 98 valence electrons. The molecule has 8 heteroatoms. The molecular formula is C11H8BrFN4OS. The smallest absolute Gasteiger partial charge is 0.213 e. The number of hydrogen-bond acceptors (Lipinski definition) is 4. The summed E-state index contributed by atoms with van der Waals surface area (Å²) < 4.78 is 21.0. The van der Waals surface area contributed by atoms with E-state index in [1.807, 2.05) is 4.57 Å². The predicted molar refractivity (Wildman–Crippen MR) is 72.8 cm³/mol. The number of hydrogen-bond donors (Lipinski definition) is 1. The van der Waals surface area contributed by atoms with E-state index in [0.717, 1.165) is 5.52 Å². The highest BCUT2D eigenvalue weighted by Crippen LogP contribution is 2.23. The quantitative estimate of drug-likeness (QED) is 0.742. The number of aromatic amines is 1. The summed E-state index contributed by atoms with van der Waals surface area (Å²) in [5.74, 6) is 0.267. The maximum Gasteiger partial charge on any atom is 0.213 e. The highest BCUT2D eigenvalue weighted by atomic mass is 79.9. The first-order chi connectivity index (χ1) is 9.15. The molecule has 0 fully saturated rings. The van der Waals surface area contributed by atoms with Gasteiger partial charge in [0, 0.05) is 19.0 Å². The van der Waals surface area contributed by atoms with Crippen molar-refractivity contribution in [2.24, 2.45) is 0 Å². The lowest BCUT2D eigenvalue weighted by molar-refractivity contribution is 0.408. The van der Waals surface area contributed by atoms with Gasteiger partial charge in [-0.25, -0.2) is 4.39 Å². The minimum Gasteiger partial charge on any atom is -0.343 e. The number of aromatic nitrogens is 4. The Balaban J connectivity index is 2.00. The minimum atomic E-state index is -0.324. The first kappa shape index (κ1) is 12.5. The van der Waals surface area contributed by atoms with Crippen molar-refractivity contribution in [3.8, 4) is 0 Å². The van der Waals surface area contributed by atoms with Crippen LogP contribution in [-0.2, 0) is 13.0 Å². The third-order valence-electron chi connectivity index (χ3n) is 2.78. The molecule has 19 heavy (non-hydrogen) atoms. The molecule has 0 spiro atoms. The molecule has 0 aliphatic rings. The fourth-order valence-electron chi connectivity index (χ4n) is 1.89. The zero-order chi connectivity index (χ0) is 13.4. The Morgan fingerprint density at radius 3 is 3.05 bits per heavy atom. The maximum absolute atomic E-state index is 13.6. The first-order valence-corrected chi connectivity index (χ1v) is 6.68. The van der Waals surface area contributed by atoms with Crippen LogP contribution in [0.15, 0.2) is 27.5 Å². The van der Waals surface area contributed by atoms with E-state index in [1.165, 1.54) is 12.5 Å². The number of imidazole rings is 1. The second-order valence-electron chi connectivity index (χ2n) is 3.96.